The Morgan fingerprint density at radius 2 is 1.68 bits per heavy atom. The molecule has 1 atom stereocenters. The van der Waals surface area contributed by atoms with Gasteiger partial charge >= 0.3 is 0 Å². The third-order valence-electron chi connectivity index (χ3n) is 3.44. The van der Waals surface area contributed by atoms with E-state index in [2.05, 4.69) is 9.98 Å². The molecule has 1 heterocycles. The second-order valence-corrected chi connectivity index (χ2v) is 4.99. The molecule has 0 spiro atoms. The van der Waals surface area contributed by atoms with Crippen LogP contribution in [0.15, 0.2) is 88.9 Å². The van der Waals surface area contributed by atoms with E-state index >= 15 is 0 Å². The Hall–Kier alpha value is -2.94. The van der Waals surface area contributed by atoms with Gasteiger partial charge in [-0.3, -0.25) is 9.98 Å². The quantitative estimate of drug-likeness (QED) is 0.846. The molecule has 1 N–H and O–H groups in total. The standard InChI is InChI=1S/C19H16N2O/c22-18-11-9-16(10-12-18)19(13-5-2-6-14-21-19)15-20-17-7-3-1-4-8-17/h1-15,22H. The monoisotopic (exact) mass is 288 g/mol. The van der Waals surface area contributed by atoms with E-state index in [0.717, 1.165) is 11.3 Å². The molecule has 1 unspecified atom stereocenters. The predicted molar refractivity (Wildman–Crippen MR) is 91.2 cm³/mol. The maximum absolute atomic E-state index is 9.50. The molecule has 0 aromatic heterocycles. The van der Waals surface area contributed by atoms with Crippen LogP contribution in [0.4, 0.5) is 5.69 Å². The number of aromatic hydroxyl groups is 1. The first-order valence-electron chi connectivity index (χ1n) is 7.08. The highest BCUT2D eigenvalue weighted by molar-refractivity contribution is 5.84. The van der Waals surface area contributed by atoms with Crippen LogP contribution >= 0.6 is 0 Å². The third-order valence-corrected chi connectivity index (χ3v) is 3.44. The second kappa shape index (κ2) is 6.22. The lowest BCUT2D eigenvalue weighted by Gasteiger charge is -2.22. The summed E-state index contributed by atoms with van der Waals surface area (Å²) in [6.45, 7) is 0. The summed E-state index contributed by atoms with van der Waals surface area (Å²) < 4.78 is 0. The zero-order valence-corrected chi connectivity index (χ0v) is 12.0. The van der Waals surface area contributed by atoms with Gasteiger partial charge in [0.1, 0.15) is 11.3 Å². The van der Waals surface area contributed by atoms with Gasteiger partial charge in [0.15, 0.2) is 0 Å². The van der Waals surface area contributed by atoms with Crippen LogP contribution in [0.3, 0.4) is 0 Å². The molecule has 22 heavy (non-hydrogen) atoms. The van der Waals surface area contributed by atoms with Gasteiger partial charge in [-0.05, 0) is 42.0 Å². The smallest absolute Gasteiger partial charge is 0.139 e. The number of nitrogens with zero attached hydrogens (tertiary/aromatic N) is 2. The molecular formula is C19H16N2O. The molecule has 0 saturated heterocycles. The summed E-state index contributed by atoms with van der Waals surface area (Å²) in [5.41, 5.74) is 1.15. The van der Waals surface area contributed by atoms with Gasteiger partial charge in [0, 0.05) is 12.4 Å². The first-order valence-corrected chi connectivity index (χ1v) is 7.08. The number of benzene rings is 2. The fourth-order valence-electron chi connectivity index (χ4n) is 2.26. The van der Waals surface area contributed by atoms with Gasteiger partial charge in [-0.15, -0.1) is 0 Å². The average Bonchev–Trinajstić information content (AvgIpc) is 2.81. The summed E-state index contributed by atoms with van der Waals surface area (Å²) in [6.07, 6.45) is 11.4. The molecule has 0 bridgehead atoms. The highest BCUT2D eigenvalue weighted by Gasteiger charge is 2.26. The molecule has 0 radical (unpaired) electrons. The predicted octanol–water partition coefficient (Wildman–Crippen LogP) is 4.19. The van der Waals surface area contributed by atoms with E-state index in [4.69, 9.17) is 0 Å². The van der Waals surface area contributed by atoms with Crippen LogP contribution in [0.2, 0.25) is 0 Å². The van der Waals surface area contributed by atoms with Crippen molar-refractivity contribution >= 4 is 18.1 Å². The van der Waals surface area contributed by atoms with Crippen molar-refractivity contribution in [2.45, 2.75) is 5.54 Å². The molecule has 3 heteroatoms. The summed E-state index contributed by atoms with van der Waals surface area (Å²) in [5, 5.41) is 9.50. The van der Waals surface area contributed by atoms with Gasteiger partial charge in [0.05, 0.1) is 5.69 Å². The summed E-state index contributed by atoms with van der Waals surface area (Å²) in [7, 11) is 0. The lowest BCUT2D eigenvalue weighted by Crippen LogP contribution is -2.22. The van der Waals surface area contributed by atoms with Crippen molar-refractivity contribution in [3.05, 3.63) is 84.5 Å². The summed E-state index contributed by atoms with van der Waals surface area (Å²) >= 11 is 0. The minimum absolute atomic E-state index is 0.235. The molecule has 3 rings (SSSR count). The van der Waals surface area contributed by atoms with E-state index in [-0.39, 0.29) is 5.75 Å². The van der Waals surface area contributed by atoms with Crippen LogP contribution in [-0.4, -0.2) is 17.5 Å². The van der Waals surface area contributed by atoms with Crippen LogP contribution in [-0.2, 0) is 5.54 Å². The number of hydrogen-bond donors (Lipinski definition) is 1. The van der Waals surface area contributed by atoms with Crippen molar-refractivity contribution in [2.75, 3.05) is 0 Å². The lowest BCUT2D eigenvalue weighted by molar-refractivity contribution is 0.475. The van der Waals surface area contributed by atoms with Crippen LogP contribution in [0.5, 0.6) is 5.75 Å². The maximum atomic E-state index is 9.50. The first kappa shape index (κ1) is 14.0. The minimum Gasteiger partial charge on any atom is -0.508 e. The molecule has 108 valence electrons. The highest BCUT2D eigenvalue weighted by Crippen LogP contribution is 2.29. The van der Waals surface area contributed by atoms with Gasteiger partial charge < -0.3 is 5.11 Å². The fourth-order valence-corrected chi connectivity index (χ4v) is 2.26. The number of phenolic OH excluding ortho intramolecular Hbond substituents is 1. The average molecular weight is 288 g/mol. The van der Waals surface area contributed by atoms with E-state index in [1.54, 1.807) is 18.3 Å². The minimum atomic E-state index is -0.674. The molecule has 0 saturated carbocycles. The molecule has 1 aliphatic heterocycles. The van der Waals surface area contributed by atoms with E-state index in [1.165, 1.54) is 0 Å². The van der Waals surface area contributed by atoms with Gasteiger partial charge in [-0.1, -0.05) is 42.5 Å². The van der Waals surface area contributed by atoms with E-state index < -0.39 is 5.54 Å². The van der Waals surface area contributed by atoms with Gasteiger partial charge in [-0.25, -0.2) is 0 Å². The van der Waals surface area contributed by atoms with Crippen molar-refractivity contribution < 1.29 is 5.11 Å². The van der Waals surface area contributed by atoms with Crippen LogP contribution in [0.25, 0.3) is 0 Å². The summed E-state index contributed by atoms with van der Waals surface area (Å²) in [6, 6.07) is 16.8. The first-order chi connectivity index (χ1) is 10.8. The zero-order chi connectivity index (χ0) is 15.3. The van der Waals surface area contributed by atoms with Gasteiger partial charge in [0.25, 0.3) is 0 Å². The van der Waals surface area contributed by atoms with Crippen molar-refractivity contribution in [1.29, 1.82) is 0 Å². The SMILES string of the molecule is Oc1ccc(C2(C=Nc3ccccc3)C=CC=CC=N2)cc1. The van der Waals surface area contributed by atoms with E-state index in [1.807, 2.05) is 73.0 Å². The zero-order valence-electron chi connectivity index (χ0n) is 12.0. The van der Waals surface area contributed by atoms with Crippen LogP contribution in [0, 0.1) is 0 Å². The van der Waals surface area contributed by atoms with Gasteiger partial charge in [0.2, 0.25) is 0 Å². The van der Waals surface area contributed by atoms with E-state index in [0.29, 0.717) is 0 Å². The second-order valence-electron chi connectivity index (χ2n) is 4.99. The molecule has 0 fully saturated rings. The van der Waals surface area contributed by atoms with Crippen molar-refractivity contribution in [3.63, 3.8) is 0 Å². The Bertz CT molecular complexity index is 725. The largest absolute Gasteiger partial charge is 0.508 e. The molecule has 2 aromatic rings. The number of hydrogen-bond acceptors (Lipinski definition) is 3. The third kappa shape index (κ3) is 3.04. The highest BCUT2D eigenvalue weighted by atomic mass is 16.3. The summed E-state index contributed by atoms with van der Waals surface area (Å²) in [4.78, 5) is 9.20. The Balaban J connectivity index is 2.04. The normalized spacial score (nSPS) is 20.4. The Labute approximate surface area is 129 Å². The maximum Gasteiger partial charge on any atom is 0.139 e. The fraction of sp³-hybridized carbons (Fsp3) is 0.0526. The number of phenols is 1. The van der Waals surface area contributed by atoms with Gasteiger partial charge in [-0.2, -0.15) is 0 Å². The molecule has 0 amide bonds. The summed E-state index contributed by atoms with van der Waals surface area (Å²) in [5.74, 6) is 0.235. The Morgan fingerprint density at radius 1 is 0.909 bits per heavy atom. The Morgan fingerprint density at radius 3 is 2.45 bits per heavy atom. The number of para-hydroxylation sites is 1. The Kier molecular flexibility index (Phi) is 3.97. The van der Waals surface area contributed by atoms with Crippen molar-refractivity contribution in [3.8, 4) is 5.75 Å². The van der Waals surface area contributed by atoms with Crippen LogP contribution < -0.4 is 0 Å². The molecule has 3 nitrogen and oxygen atoms in total. The molecule has 0 aliphatic carbocycles. The van der Waals surface area contributed by atoms with Crippen LogP contribution in [0.1, 0.15) is 5.56 Å². The van der Waals surface area contributed by atoms with Crippen molar-refractivity contribution in [1.82, 2.24) is 0 Å². The molecule has 1 aliphatic rings. The number of allylic oxidation sites excluding steroid dienone is 3. The van der Waals surface area contributed by atoms with Crippen molar-refractivity contribution in [2.24, 2.45) is 9.98 Å². The lowest BCUT2D eigenvalue weighted by atomic mass is 9.91. The molecule has 2 aromatic carbocycles. The topological polar surface area (TPSA) is 45.0 Å². The van der Waals surface area contributed by atoms with E-state index in [9.17, 15) is 5.11 Å². The number of aliphatic imine (C=N–C) groups is 2. The molecular weight excluding hydrogens is 272 g/mol. The number of rotatable bonds is 3.